The van der Waals surface area contributed by atoms with Crippen LogP contribution in [0, 0.1) is 0 Å². The zero-order valence-electron chi connectivity index (χ0n) is 8.95. The van der Waals surface area contributed by atoms with Gasteiger partial charge in [-0.1, -0.05) is 31.0 Å². The van der Waals surface area contributed by atoms with Crippen LogP contribution in [-0.2, 0) is 0 Å². The fourth-order valence-electron chi connectivity index (χ4n) is 2.25. The van der Waals surface area contributed by atoms with Crippen molar-refractivity contribution in [2.24, 2.45) is 5.84 Å². The minimum absolute atomic E-state index is 0.402. The fraction of sp³-hybridized carbons (Fsp3) is 0.500. The molecule has 82 valence electrons. The second-order valence-corrected chi connectivity index (χ2v) is 4.17. The number of nitrogens with one attached hydrogen (secondary N) is 2. The molecule has 0 bridgehead atoms. The number of para-hydroxylation sites is 1. The average molecular weight is 205 g/mol. The van der Waals surface area contributed by atoms with Crippen molar-refractivity contribution in [3.63, 3.8) is 0 Å². The first-order chi connectivity index (χ1) is 7.40. The molecule has 0 aliphatic heterocycles. The minimum atomic E-state index is 0.402. The lowest BCUT2D eigenvalue weighted by atomic mass is 9.90. The second kappa shape index (κ2) is 5.14. The highest BCUT2D eigenvalue weighted by Gasteiger charge is 2.23. The van der Waals surface area contributed by atoms with Crippen LogP contribution >= 0.6 is 0 Å². The van der Waals surface area contributed by atoms with Crippen LogP contribution in [0.5, 0.6) is 0 Å². The highest BCUT2D eigenvalue weighted by atomic mass is 15.2. The molecule has 0 saturated heterocycles. The lowest BCUT2D eigenvalue weighted by molar-refractivity contribution is 0.348. The molecule has 0 heterocycles. The molecule has 3 heteroatoms. The van der Waals surface area contributed by atoms with Crippen LogP contribution in [0.4, 0.5) is 5.69 Å². The summed E-state index contributed by atoms with van der Waals surface area (Å²) in [6.07, 6.45) is 4.94. The zero-order chi connectivity index (χ0) is 10.5. The minimum Gasteiger partial charge on any atom is -0.381 e. The Bertz CT molecular complexity index is 286. The van der Waals surface area contributed by atoms with Crippen LogP contribution in [-0.4, -0.2) is 12.1 Å². The third kappa shape index (κ3) is 2.70. The lowest BCUT2D eigenvalue weighted by Crippen LogP contribution is -2.49. The molecule has 15 heavy (non-hydrogen) atoms. The Morgan fingerprint density at radius 3 is 2.33 bits per heavy atom. The predicted octanol–water partition coefficient (Wildman–Crippen LogP) is 1.87. The molecule has 2 atom stereocenters. The van der Waals surface area contributed by atoms with E-state index in [1.807, 2.05) is 6.07 Å². The van der Waals surface area contributed by atoms with Gasteiger partial charge in [-0.05, 0) is 25.0 Å². The van der Waals surface area contributed by atoms with Gasteiger partial charge in [-0.25, -0.2) is 0 Å². The zero-order valence-corrected chi connectivity index (χ0v) is 8.95. The monoisotopic (exact) mass is 205 g/mol. The summed E-state index contributed by atoms with van der Waals surface area (Å²) in [5.74, 6) is 5.56. The first-order valence-corrected chi connectivity index (χ1v) is 5.68. The smallest absolute Gasteiger partial charge is 0.0428 e. The van der Waals surface area contributed by atoms with E-state index in [2.05, 4.69) is 35.0 Å². The molecule has 0 radical (unpaired) electrons. The summed E-state index contributed by atoms with van der Waals surface area (Å²) in [5.41, 5.74) is 4.10. The fourth-order valence-corrected chi connectivity index (χ4v) is 2.25. The molecule has 2 rings (SSSR count). The van der Waals surface area contributed by atoms with Crippen molar-refractivity contribution in [2.45, 2.75) is 37.8 Å². The van der Waals surface area contributed by atoms with Gasteiger partial charge >= 0.3 is 0 Å². The largest absolute Gasteiger partial charge is 0.381 e. The summed E-state index contributed by atoms with van der Waals surface area (Å²) in [4.78, 5) is 0. The van der Waals surface area contributed by atoms with Crippen molar-refractivity contribution >= 4 is 5.69 Å². The number of anilines is 1. The van der Waals surface area contributed by atoms with Gasteiger partial charge in [0.15, 0.2) is 0 Å². The molecule has 1 aromatic carbocycles. The Kier molecular flexibility index (Phi) is 3.59. The Labute approximate surface area is 91.0 Å². The quantitative estimate of drug-likeness (QED) is 0.521. The van der Waals surface area contributed by atoms with E-state index >= 15 is 0 Å². The van der Waals surface area contributed by atoms with Gasteiger partial charge in [-0.2, -0.15) is 0 Å². The number of benzene rings is 1. The molecule has 1 aromatic rings. The summed E-state index contributed by atoms with van der Waals surface area (Å²) >= 11 is 0. The summed E-state index contributed by atoms with van der Waals surface area (Å²) in [6, 6.07) is 11.2. The predicted molar refractivity (Wildman–Crippen MR) is 63.4 cm³/mol. The van der Waals surface area contributed by atoms with E-state index in [1.165, 1.54) is 31.4 Å². The van der Waals surface area contributed by atoms with Gasteiger partial charge in [0.25, 0.3) is 0 Å². The van der Waals surface area contributed by atoms with E-state index in [1.54, 1.807) is 0 Å². The van der Waals surface area contributed by atoms with Crippen molar-refractivity contribution in [2.75, 3.05) is 5.32 Å². The highest BCUT2D eigenvalue weighted by Crippen LogP contribution is 2.21. The molecule has 1 fully saturated rings. The maximum Gasteiger partial charge on any atom is 0.0428 e. The van der Waals surface area contributed by atoms with Crippen LogP contribution in [0.15, 0.2) is 30.3 Å². The maximum atomic E-state index is 5.56. The maximum absolute atomic E-state index is 5.56. The number of hydrogen-bond donors (Lipinski definition) is 3. The van der Waals surface area contributed by atoms with E-state index in [-0.39, 0.29) is 0 Å². The number of hydrazine groups is 1. The molecular formula is C12H19N3. The molecule has 4 N–H and O–H groups in total. The average Bonchev–Trinajstić information content (AvgIpc) is 2.31. The molecule has 1 aliphatic carbocycles. The summed E-state index contributed by atoms with van der Waals surface area (Å²) in [6.45, 7) is 0. The molecule has 0 aromatic heterocycles. The highest BCUT2D eigenvalue weighted by molar-refractivity contribution is 5.43. The van der Waals surface area contributed by atoms with Crippen LogP contribution < -0.4 is 16.6 Å². The van der Waals surface area contributed by atoms with Crippen molar-refractivity contribution in [1.29, 1.82) is 0 Å². The Hall–Kier alpha value is -1.06. The number of hydrogen-bond acceptors (Lipinski definition) is 3. The summed E-state index contributed by atoms with van der Waals surface area (Å²) < 4.78 is 0. The van der Waals surface area contributed by atoms with Crippen LogP contribution in [0.1, 0.15) is 25.7 Å². The third-order valence-electron chi connectivity index (χ3n) is 3.11. The van der Waals surface area contributed by atoms with E-state index in [0.29, 0.717) is 12.1 Å². The topological polar surface area (TPSA) is 50.1 Å². The van der Waals surface area contributed by atoms with Crippen molar-refractivity contribution in [3.8, 4) is 0 Å². The van der Waals surface area contributed by atoms with Crippen LogP contribution in [0.3, 0.4) is 0 Å². The van der Waals surface area contributed by atoms with Gasteiger partial charge in [0.1, 0.15) is 0 Å². The Morgan fingerprint density at radius 1 is 1.00 bits per heavy atom. The Morgan fingerprint density at radius 2 is 1.67 bits per heavy atom. The van der Waals surface area contributed by atoms with Gasteiger partial charge in [-0.15, -0.1) is 0 Å². The van der Waals surface area contributed by atoms with Gasteiger partial charge in [0.2, 0.25) is 0 Å². The van der Waals surface area contributed by atoms with E-state index in [0.717, 1.165) is 0 Å². The van der Waals surface area contributed by atoms with E-state index in [4.69, 9.17) is 5.84 Å². The Balaban J connectivity index is 1.97. The number of nitrogens with two attached hydrogens (primary N) is 1. The van der Waals surface area contributed by atoms with Crippen molar-refractivity contribution in [3.05, 3.63) is 30.3 Å². The molecule has 2 unspecified atom stereocenters. The molecule has 0 amide bonds. The van der Waals surface area contributed by atoms with E-state index < -0.39 is 0 Å². The standard InChI is InChI=1S/C12H19N3/c13-15-12-9-5-4-8-11(12)14-10-6-2-1-3-7-10/h1-3,6-7,11-12,14-15H,4-5,8-9,13H2. The SMILES string of the molecule is NNC1CCCCC1Nc1ccccc1. The summed E-state index contributed by atoms with van der Waals surface area (Å²) in [5, 5.41) is 3.54. The van der Waals surface area contributed by atoms with Crippen molar-refractivity contribution in [1.82, 2.24) is 5.43 Å². The normalized spacial score (nSPS) is 26.2. The molecule has 1 aliphatic rings. The van der Waals surface area contributed by atoms with Gasteiger partial charge in [0.05, 0.1) is 0 Å². The first-order valence-electron chi connectivity index (χ1n) is 5.68. The second-order valence-electron chi connectivity index (χ2n) is 4.17. The first kappa shape index (κ1) is 10.5. The summed E-state index contributed by atoms with van der Waals surface area (Å²) in [7, 11) is 0. The van der Waals surface area contributed by atoms with Crippen LogP contribution in [0.2, 0.25) is 0 Å². The van der Waals surface area contributed by atoms with E-state index in [9.17, 15) is 0 Å². The lowest BCUT2D eigenvalue weighted by Gasteiger charge is -2.32. The molecule has 1 saturated carbocycles. The van der Waals surface area contributed by atoms with Crippen molar-refractivity contribution < 1.29 is 0 Å². The molecule has 0 spiro atoms. The third-order valence-corrected chi connectivity index (χ3v) is 3.11. The van der Waals surface area contributed by atoms with Crippen LogP contribution in [0.25, 0.3) is 0 Å². The van der Waals surface area contributed by atoms with Gasteiger partial charge < -0.3 is 5.32 Å². The molecular weight excluding hydrogens is 186 g/mol. The van der Waals surface area contributed by atoms with Gasteiger partial charge in [0, 0.05) is 17.8 Å². The molecule has 3 nitrogen and oxygen atoms in total. The number of rotatable bonds is 3. The van der Waals surface area contributed by atoms with Gasteiger partial charge in [-0.3, -0.25) is 11.3 Å².